The Kier molecular flexibility index (Phi) is 6.10. The maximum Gasteiger partial charge on any atom is 0.261 e. The van der Waals surface area contributed by atoms with Crippen LogP contribution in [0.4, 0.5) is 5.69 Å². The van der Waals surface area contributed by atoms with Gasteiger partial charge >= 0.3 is 0 Å². The summed E-state index contributed by atoms with van der Waals surface area (Å²) in [7, 11) is -7.63. The summed E-state index contributed by atoms with van der Waals surface area (Å²) in [5.74, 6) is 0. The van der Waals surface area contributed by atoms with Crippen LogP contribution in [0.25, 0.3) is 0 Å². The summed E-state index contributed by atoms with van der Waals surface area (Å²) in [6.45, 7) is 4.01. The van der Waals surface area contributed by atoms with Gasteiger partial charge in [0.25, 0.3) is 10.0 Å². The van der Waals surface area contributed by atoms with E-state index in [4.69, 9.17) is 11.6 Å². The number of anilines is 1. The zero-order valence-corrected chi connectivity index (χ0v) is 16.2. The normalized spacial score (nSPS) is 12.3. The lowest BCUT2D eigenvalue weighted by molar-refractivity contribution is 0.445. The quantitative estimate of drug-likeness (QED) is 0.770. The van der Waals surface area contributed by atoms with Crippen LogP contribution in [0.3, 0.4) is 0 Å². The monoisotopic (exact) mass is 402 g/mol. The van der Waals surface area contributed by atoms with Crippen LogP contribution in [0.15, 0.2) is 58.3 Å². The van der Waals surface area contributed by atoms with Crippen molar-refractivity contribution in [2.45, 2.75) is 23.6 Å². The maximum absolute atomic E-state index is 12.7. The number of nitrogens with one attached hydrogen (secondary N) is 1. The van der Waals surface area contributed by atoms with Crippen LogP contribution in [0.5, 0.6) is 0 Å². The van der Waals surface area contributed by atoms with Crippen molar-refractivity contribution in [2.75, 3.05) is 17.8 Å². The van der Waals surface area contributed by atoms with Crippen LogP contribution in [0.1, 0.15) is 13.8 Å². The van der Waals surface area contributed by atoms with Crippen molar-refractivity contribution in [1.29, 1.82) is 0 Å². The fourth-order valence-corrected chi connectivity index (χ4v) is 5.31. The molecule has 0 radical (unpaired) electrons. The van der Waals surface area contributed by atoms with Gasteiger partial charge in [0.1, 0.15) is 4.90 Å². The Bertz CT molecular complexity index is 941. The summed E-state index contributed by atoms with van der Waals surface area (Å²) in [5.41, 5.74) is 0.124. The van der Waals surface area contributed by atoms with Crippen molar-refractivity contribution in [2.24, 2.45) is 0 Å². The molecule has 0 aliphatic carbocycles. The molecule has 6 nitrogen and oxygen atoms in total. The molecule has 25 heavy (non-hydrogen) atoms. The average molecular weight is 403 g/mol. The highest BCUT2D eigenvalue weighted by molar-refractivity contribution is 7.92. The molecule has 0 saturated carbocycles. The third kappa shape index (κ3) is 4.33. The lowest BCUT2D eigenvalue weighted by atomic mass is 10.3. The number of hydrogen-bond donors (Lipinski definition) is 1. The minimum Gasteiger partial charge on any atom is -0.280 e. The molecule has 2 aromatic rings. The van der Waals surface area contributed by atoms with Gasteiger partial charge in [-0.15, -0.1) is 0 Å². The largest absolute Gasteiger partial charge is 0.280 e. The predicted molar refractivity (Wildman–Crippen MR) is 98.8 cm³/mol. The van der Waals surface area contributed by atoms with Crippen molar-refractivity contribution in [3.63, 3.8) is 0 Å². The van der Waals surface area contributed by atoms with Crippen molar-refractivity contribution >= 4 is 37.3 Å². The molecule has 2 rings (SSSR count). The molecule has 0 saturated heterocycles. The van der Waals surface area contributed by atoms with E-state index in [2.05, 4.69) is 4.72 Å². The first-order chi connectivity index (χ1) is 11.7. The van der Waals surface area contributed by atoms with Gasteiger partial charge in [0.05, 0.1) is 15.6 Å². The summed E-state index contributed by atoms with van der Waals surface area (Å²) >= 11 is 6.04. The number of nitrogens with zero attached hydrogens (tertiary/aromatic N) is 1. The van der Waals surface area contributed by atoms with E-state index in [1.54, 1.807) is 32.0 Å². The highest BCUT2D eigenvalue weighted by Gasteiger charge is 2.25. The zero-order valence-electron chi connectivity index (χ0n) is 13.8. The molecule has 0 aromatic heterocycles. The Morgan fingerprint density at radius 3 is 2.12 bits per heavy atom. The van der Waals surface area contributed by atoms with E-state index in [1.165, 1.54) is 34.6 Å². The Labute approximate surface area is 153 Å². The number of halogens is 1. The van der Waals surface area contributed by atoms with Crippen molar-refractivity contribution in [1.82, 2.24) is 4.31 Å². The summed E-state index contributed by atoms with van der Waals surface area (Å²) in [5, 5.41) is 0.0366. The second-order valence-electron chi connectivity index (χ2n) is 5.15. The Hall–Kier alpha value is -1.61. The van der Waals surface area contributed by atoms with E-state index in [0.29, 0.717) is 0 Å². The molecule has 0 heterocycles. The molecule has 2 aromatic carbocycles. The van der Waals surface area contributed by atoms with E-state index in [-0.39, 0.29) is 33.6 Å². The molecule has 0 unspecified atom stereocenters. The summed E-state index contributed by atoms with van der Waals surface area (Å²) in [6.07, 6.45) is 0. The zero-order chi connectivity index (χ0) is 18.7. The Morgan fingerprint density at radius 2 is 1.56 bits per heavy atom. The second-order valence-corrected chi connectivity index (χ2v) is 9.15. The maximum atomic E-state index is 12.7. The first-order valence-electron chi connectivity index (χ1n) is 7.60. The molecule has 9 heteroatoms. The van der Waals surface area contributed by atoms with Gasteiger partial charge in [0, 0.05) is 13.1 Å². The average Bonchev–Trinajstić information content (AvgIpc) is 2.58. The van der Waals surface area contributed by atoms with E-state index < -0.39 is 20.0 Å². The first-order valence-corrected chi connectivity index (χ1v) is 10.9. The highest BCUT2D eigenvalue weighted by Crippen LogP contribution is 2.28. The van der Waals surface area contributed by atoms with E-state index in [1.807, 2.05) is 0 Å². The summed E-state index contributed by atoms with van der Waals surface area (Å²) < 4.78 is 53.7. The Morgan fingerprint density at radius 1 is 0.960 bits per heavy atom. The molecule has 0 aliphatic rings. The lowest BCUT2D eigenvalue weighted by Crippen LogP contribution is -2.30. The van der Waals surface area contributed by atoms with Gasteiger partial charge in [0.2, 0.25) is 10.0 Å². The highest BCUT2D eigenvalue weighted by atomic mass is 35.5. The smallest absolute Gasteiger partial charge is 0.261 e. The van der Waals surface area contributed by atoms with Gasteiger partial charge in [-0.2, -0.15) is 4.31 Å². The minimum absolute atomic E-state index is 0.0366. The van der Waals surface area contributed by atoms with Crippen molar-refractivity contribution in [3.05, 3.63) is 53.6 Å². The molecule has 0 aliphatic heterocycles. The molecule has 0 bridgehead atoms. The van der Waals surface area contributed by atoms with Crippen LogP contribution in [0, 0.1) is 0 Å². The van der Waals surface area contributed by atoms with E-state index in [0.717, 1.165) is 0 Å². The third-order valence-electron chi connectivity index (χ3n) is 3.56. The number of sulfonamides is 2. The standard InChI is InChI=1S/C16H19ClN2O4S2/c1-3-19(4-2)25(22,23)16-12-13(10-11-15(16)17)18-24(20,21)14-8-6-5-7-9-14/h5-12,18H,3-4H2,1-2H3. The Balaban J connectivity index is 2.43. The fraction of sp³-hybridized carbons (Fsp3) is 0.250. The van der Waals surface area contributed by atoms with Gasteiger partial charge in [-0.3, -0.25) is 4.72 Å². The minimum atomic E-state index is -3.82. The third-order valence-corrected chi connectivity index (χ3v) is 7.49. The molecular weight excluding hydrogens is 384 g/mol. The predicted octanol–water partition coefficient (Wildman–Crippen LogP) is 3.17. The molecule has 136 valence electrons. The molecule has 0 spiro atoms. The van der Waals surface area contributed by atoms with Crippen LogP contribution in [0.2, 0.25) is 5.02 Å². The van der Waals surface area contributed by atoms with Crippen LogP contribution >= 0.6 is 11.6 Å². The van der Waals surface area contributed by atoms with Crippen LogP contribution < -0.4 is 4.72 Å². The fourth-order valence-electron chi connectivity index (χ4n) is 2.28. The molecule has 0 fully saturated rings. The van der Waals surface area contributed by atoms with Gasteiger partial charge in [0.15, 0.2) is 0 Å². The van der Waals surface area contributed by atoms with Gasteiger partial charge in [-0.1, -0.05) is 43.6 Å². The van der Waals surface area contributed by atoms with Gasteiger partial charge < -0.3 is 0 Å². The first kappa shape index (κ1) is 19.7. The number of hydrogen-bond acceptors (Lipinski definition) is 4. The summed E-state index contributed by atoms with van der Waals surface area (Å²) in [6, 6.07) is 11.8. The molecule has 0 atom stereocenters. The van der Waals surface area contributed by atoms with Gasteiger partial charge in [-0.05, 0) is 30.3 Å². The lowest BCUT2D eigenvalue weighted by Gasteiger charge is -2.20. The van der Waals surface area contributed by atoms with Gasteiger partial charge in [-0.25, -0.2) is 16.8 Å². The SMILES string of the molecule is CCN(CC)S(=O)(=O)c1cc(NS(=O)(=O)c2ccccc2)ccc1Cl. The molecule has 0 amide bonds. The number of benzene rings is 2. The second kappa shape index (κ2) is 7.74. The molecule has 1 N–H and O–H groups in total. The van der Waals surface area contributed by atoms with Crippen molar-refractivity contribution in [3.8, 4) is 0 Å². The van der Waals surface area contributed by atoms with E-state index in [9.17, 15) is 16.8 Å². The van der Waals surface area contributed by atoms with Crippen LogP contribution in [-0.2, 0) is 20.0 Å². The van der Waals surface area contributed by atoms with Crippen LogP contribution in [-0.4, -0.2) is 34.2 Å². The van der Waals surface area contributed by atoms with Crippen molar-refractivity contribution < 1.29 is 16.8 Å². The summed E-state index contributed by atoms with van der Waals surface area (Å²) in [4.78, 5) is -0.0516. The topological polar surface area (TPSA) is 83.6 Å². The van der Waals surface area contributed by atoms with E-state index >= 15 is 0 Å². The number of rotatable bonds is 7. The molecular formula is C16H19ClN2O4S2.